The minimum Gasteiger partial charge on any atom is -0.464 e. The lowest BCUT2D eigenvalue weighted by Crippen LogP contribution is -2.42. The summed E-state index contributed by atoms with van der Waals surface area (Å²) in [6.07, 6.45) is 3.93. The smallest absolute Gasteiger partial charge is 0.293 e. The number of nitrogens with one attached hydrogen (secondary N) is 1. The van der Waals surface area contributed by atoms with Gasteiger partial charge in [-0.3, -0.25) is 0 Å². The van der Waals surface area contributed by atoms with Gasteiger partial charge in [0.25, 0.3) is 5.19 Å². The van der Waals surface area contributed by atoms with Crippen molar-refractivity contribution in [2.75, 3.05) is 13.1 Å². The number of rotatable bonds is 3. The molecule has 3 rings (SSSR count). The molecule has 1 N–H and O–H groups in total. The Bertz CT molecular complexity index is 364. The molecule has 2 heterocycles. The minimum absolute atomic E-state index is 0.258. The van der Waals surface area contributed by atoms with Crippen LogP contribution in [-0.2, 0) is 0 Å². The molecule has 0 aromatic carbocycles. The molecular formula is C11H17N3OS. The second-order valence-corrected chi connectivity index (χ2v) is 5.53. The van der Waals surface area contributed by atoms with Crippen LogP contribution in [0.15, 0.2) is 0 Å². The van der Waals surface area contributed by atoms with Gasteiger partial charge in [0.2, 0.25) is 0 Å². The summed E-state index contributed by atoms with van der Waals surface area (Å²) in [5.74, 6) is 2.22. The number of hydrogen-bond donors (Lipinski definition) is 1. The summed E-state index contributed by atoms with van der Waals surface area (Å²) in [5.41, 5.74) is 0. The Morgan fingerprint density at radius 3 is 3.00 bits per heavy atom. The van der Waals surface area contributed by atoms with Gasteiger partial charge in [-0.15, -0.1) is 0 Å². The average Bonchev–Trinajstić information content (AvgIpc) is 3.03. The Balaban J connectivity index is 1.63. The summed E-state index contributed by atoms with van der Waals surface area (Å²) >= 11 is 1.40. The number of nitrogens with zero attached hydrogens (tertiary/aromatic N) is 2. The molecule has 1 aliphatic heterocycles. The first-order valence-corrected chi connectivity index (χ1v) is 6.81. The average molecular weight is 239 g/mol. The molecule has 1 aliphatic carbocycles. The molecule has 0 spiro atoms. The lowest BCUT2D eigenvalue weighted by atomic mass is 9.97. The standard InChI is InChI=1S/C11H17N3OS/c1-7-4-5-12-6-9(7)15-11-13-10(14-16-11)8-2-3-8/h7-9,12H,2-6H2,1H3. The fourth-order valence-electron chi connectivity index (χ4n) is 2.02. The molecule has 0 bridgehead atoms. The lowest BCUT2D eigenvalue weighted by molar-refractivity contribution is 0.114. The predicted molar refractivity (Wildman–Crippen MR) is 63.0 cm³/mol. The second-order valence-electron chi connectivity index (χ2n) is 4.82. The van der Waals surface area contributed by atoms with Gasteiger partial charge in [0.05, 0.1) is 0 Å². The van der Waals surface area contributed by atoms with Crippen molar-refractivity contribution < 1.29 is 4.74 Å². The Labute approximate surface area is 99.6 Å². The van der Waals surface area contributed by atoms with Crippen LogP contribution < -0.4 is 10.1 Å². The molecule has 2 unspecified atom stereocenters. The largest absolute Gasteiger partial charge is 0.464 e. The van der Waals surface area contributed by atoms with E-state index in [1.54, 1.807) is 0 Å². The normalized spacial score (nSPS) is 30.3. The molecule has 1 saturated carbocycles. The molecule has 1 aromatic heterocycles. The fraction of sp³-hybridized carbons (Fsp3) is 0.818. The Morgan fingerprint density at radius 1 is 1.38 bits per heavy atom. The van der Waals surface area contributed by atoms with Crippen molar-refractivity contribution in [3.05, 3.63) is 5.82 Å². The van der Waals surface area contributed by atoms with E-state index in [2.05, 4.69) is 21.6 Å². The van der Waals surface area contributed by atoms with Crippen LogP contribution in [0.5, 0.6) is 5.19 Å². The third-order valence-electron chi connectivity index (χ3n) is 3.37. The van der Waals surface area contributed by atoms with Crippen molar-refractivity contribution in [3.63, 3.8) is 0 Å². The molecule has 2 atom stereocenters. The van der Waals surface area contributed by atoms with E-state index < -0.39 is 0 Å². The maximum absolute atomic E-state index is 5.91. The van der Waals surface area contributed by atoms with Crippen LogP contribution in [0.3, 0.4) is 0 Å². The monoisotopic (exact) mass is 239 g/mol. The van der Waals surface area contributed by atoms with Gasteiger partial charge in [-0.25, -0.2) is 0 Å². The summed E-state index contributed by atoms with van der Waals surface area (Å²) in [6, 6.07) is 0. The van der Waals surface area contributed by atoms with Crippen molar-refractivity contribution in [2.45, 2.75) is 38.2 Å². The van der Waals surface area contributed by atoms with Gasteiger partial charge in [0, 0.05) is 24.0 Å². The predicted octanol–water partition coefficient (Wildman–Crippen LogP) is 1.79. The molecule has 88 valence electrons. The topological polar surface area (TPSA) is 47.0 Å². The van der Waals surface area contributed by atoms with Gasteiger partial charge in [0.1, 0.15) is 11.9 Å². The molecule has 1 aromatic rings. The quantitative estimate of drug-likeness (QED) is 0.873. The molecule has 2 fully saturated rings. The van der Waals surface area contributed by atoms with Crippen molar-refractivity contribution >= 4 is 11.5 Å². The molecular weight excluding hydrogens is 222 g/mol. The van der Waals surface area contributed by atoms with Gasteiger partial charge < -0.3 is 10.1 Å². The molecule has 0 amide bonds. The van der Waals surface area contributed by atoms with Crippen molar-refractivity contribution in [3.8, 4) is 5.19 Å². The van der Waals surface area contributed by atoms with Crippen molar-refractivity contribution in [2.24, 2.45) is 5.92 Å². The maximum Gasteiger partial charge on any atom is 0.293 e. The van der Waals surface area contributed by atoms with Crippen molar-refractivity contribution in [1.29, 1.82) is 0 Å². The summed E-state index contributed by atoms with van der Waals surface area (Å²) < 4.78 is 10.3. The van der Waals surface area contributed by atoms with Crippen LogP contribution in [0.25, 0.3) is 0 Å². The zero-order valence-corrected chi connectivity index (χ0v) is 10.3. The minimum atomic E-state index is 0.258. The van der Waals surface area contributed by atoms with Gasteiger partial charge in [-0.2, -0.15) is 9.36 Å². The SMILES string of the molecule is CC1CCNCC1Oc1nc(C2CC2)ns1. The summed E-state index contributed by atoms with van der Waals surface area (Å²) in [5, 5.41) is 4.11. The zero-order valence-electron chi connectivity index (χ0n) is 9.48. The maximum atomic E-state index is 5.91. The molecule has 5 heteroatoms. The Hall–Kier alpha value is -0.680. The van der Waals surface area contributed by atoms with Crippen LogP contribution >= 0.6 is 11.5 Å². The van der Waals surface area contributed by atoms with E-state index in [-0.39, 0.29) is 6.10 Å². The first kappa shape index (κ1) is 10.5. The van der Waals surface area contributed by atoms with Gasteiger partial charge in [-0.05, 0) is 31.7 Å². The van der Waals surface area contributed by atoms with E-state index in [1.165, 1.54) is 30.8 Å². The van der Waals surface area contributed by atoms with E-state index in [1.807, 2.05) is 0 Å². The highest BCUT2D eigenvalue weighted by Gasteiger charge is 2.29. The van der Waals surface area contributed by atoms with E-state index in [4.69, 9.17) is 4.74 Å². The van der Waals surface area contributed by atoms with Crippen LogP contribution in [0.4, 0.5) is 0 Å². The number of piperidine rings is 1. The molecule has 0 radical (unpaired) electrons. The molecule has 1 saturated heterocycles. The van der Waals surface area contributed by atoms with Crippen LogP contribution in [0, 0.1) is 5.92 Å². The first-order valence-electron chi connectivity index (χ1n) is 6.04. The number of aromatic nitrogens is 2. The van der Waals surface area contributed by atoms with Gasteiger partial charge in [0.15, 0.2) is 0 Å². The Kier molecular flexibility index (Phi) is 2.81. The fourth-order valence-corrected chi connectivity index (χ4v) is 2.69. The molecule has 4 nitrogen and oxygen atoms in total. The second kappa shape index (κ2) is 4.30. The highest BCUT2D eigenvalue weighted by atomic mass is 32.1. The summed E-state index contributed by atoms with van der Waals surface area (Å²) in [7, 11) is 0. The third-order valence-corrected chi connectivity index (χ3v) is 4.00. The summed E-state index contributed by atoms with van der Waals surface area (Å²) in [4.78, 5) is 4.46. The van der Waals surface area contributed by atoms with E-state index in [0.717, 1.165) is 24.1 Å². The van der Waals surface area contributed by atoms with E-state index >= 15 is 0 Å². The van der Waals surface area contributed by atoms with Crippen LogP contribution in [-0.4, -0.2) is 28.6 Å². The number of ether oxygens (including phenoxy) is 1. The zero-order chi connectivity index (χ0) is 11.0. The lowest BCUT2D eigenvalue weighted by Gasteiger charge is -2.28. The number of hydrogen-bond acceptors (Lipinski definition) is 5. The highest BCUT2D eigenvalue weighted by Crippen LogP contribution is 2.39. The van der Waals surface area contributed by atoms with E-state index in [9.17, 15) is 0 Å². The Morgan fingerprint density at radius 2 is 2.25 bits per heavy atom. The first-order chi connectivity index (χ1) is 7.83. The third kappa shape index (κ3) is 2.20. The van der Waals surface area contributed by atoms with E-state index in [0.29, 0.717) is 11.8 Å². The van der Waals surface area contributed by atoms with Gasteiger partial charge >= 0.3 is 0 Å². The van der Waals surface area contributed by atoms with Crippen LogP contribution in [0.2, 0.25) is 0 Å². The van der Waals surface area contributed by atoms with Crippen LogP contribution in [0.1, 0.15) is 37.9 Å². The molecule has 16 heavy (non-hydrogen) atoms. The highest BCUT2D eigenvalue weighted by molar-refractivity contribution is 7.07. The summed E-state index contributed by atoms with van der Waals surface area (Å²) in [6.45, 7) is 4.28. The van der Waals surface area contributed by atoms with Gasteiger partial charge in [-0.1, -0.05) is 6.92 Å². The molecule has 2 aliphatic rings. The van der Waals surface area contributed by atoms with Crippen molar-refractivity contribution in [1.82, 2.24) is 14.7 Å².